The summed E-state index contributed by atoms with van der Waals surface area (Å²) >= 11 is 0. The second-order valence-corrected chi connectivity index (χ2v) is 15.6. The van der Waals surface area contributed by atoms with Crippen LogP contribution in [0.25, 0.3) is 56.5 Å². The van der Waals surface area contributed by atoms with Gasteiger partial charge in [0.2, 0.25) is 5.89 Å². The van der Waals surface area contributed by atoms with Crippen molar-refractivity contribution in [2.75, 3.05) is 4.90 Å². The van der Waals surface area contributed by atoms with Crippen molar-refractivity contribution in [2.45, 2.75) is 33.6 Å². The van der Waals surface area contributed by atoms with Crippen LogP contribution in [0.1, 0.15) is 43.4 Å². The van der Waals surface area contributed by atoms with Crippen LogP contribution in [0.5, 0.6) is 0 Å². The number of para-hydroxylation sites is 2. The van der Waals surface area contributed by atoms with E-state index in [-0.39, 0.29) is 0 Å². The predicted molar refractivity (Wildman–Crippen MR) is 239 cm³/mol. The minimum Gasteiger partial charge on any atom is -0.436 e. The second-order valence-electron chi connectivity index (χ2n) is 15.6. The van der Waals surface area contributed by atoms with Gasteiger partial charge in [-0.05, 0) is 123 Å². The van der Waals surface area contributed by atoms with Gasteiger partial charge >= 0.3 is 0 Å². The maximum atomic E-state index is 6.42. The molecule has 57 heavy (non-hydrogen) atoms. The molecule has 0 saturated carbocycles. The Morgan fingerprint density at radius 1 is 0.544 bits per heavy atom. The van der Waals surface area contributed by atoms with Crippen LogP contribution in [0.4, 0.5) is 17.1 Å². The summed E-state index contributed by atoms with van der Waals surface area (Å²) < 4.78 is 6.42. The van der Waals surface area contributed by atoms with E-state index in [4.69, 9.17) is 9.40 Å². The molecule has 278 valence electrons. The fraction of sp³-hybridized carbons (Fsp3) is 0.130. The fourth-order valence-electron chi connectivity index (χ4n) is 8.25. The molecule has 7 aromatic carbocycles. The van der Waals surface area contributed by atoms with Crippen molar-refractivity contribution < 1.29 is 4.42 Å². The van der Waals surface area contributed by atoms with Crippen LogP contribution in [-0.2, 0) is 12.8 Å². The molecule has 1 heterocycles. The first-order chi connectivity index (χ1) is 28.0. The number of hydrogen-bond donors (Lipinski definition) is 0. The Kier molecular flexibility index (Phi) is 9.97. The molecule has 3 nitrogen and oxygen atoms in total. The average Bonchev–Trinajstić information content (AvgIpc) is 3.67. The summed E-state index contributed by atoms with van der Waals surface area (Å²) in [4.78, 5) is 7.29. The maximum absolute atomic E-state index is 6.42. The number of allylic oxidation sites excluding steroid dienone is 1. The van der Waals surface area contributed by atoms with E-state index in [0.717, 1.165) is 52.5 Å². The zero-order valence-electron chi connectivity index (χ0n) is 32.8. The van der Waals surface area contributed by atoms with Crippen molar-refractivity contribution in [3.63, 3.8) is 0 Å². The van der Waals surface area contributed by atoms with E-state index in [2.05, 4.69) is 214 Å². The third-order valence-corrected chi connectivity index (χ3v) is 11.0. The predicted octanol–water partition coefficient (Wildman–Crippen LogP) is 14.7. The molecule has 0 amide bonds. The summed E-state index contributed by atoms with van der Waals surface area (Å²) in [5.41, 5.74) is 16.5. The van der Waals surface area contributed by atoms with Gasteiger partial charge < -0.3 is 9.32 Å². The standard InChI is InChI=1S/C54H46N2O/c1-37(2)33-39-23-32-48(42-28-30-46(31-29-42)56(44-17-9-5-10-18-44)45-19-11-6-12-20-45)51(35-39)49-22-14-13-21-47(49)41-24-26-43(27-25-41)54-55-52-34-38(3)50(36-53(52)57-54)40-15-7-4-8-16-40/h4-32,35-38H,33-34H2,1-3H3. The quantitative estimate of drug-likeness (QED) is 0.140. The summed E-state index contributed by atoms with van der Waals surface area (Å²) in [7, 11) is 0. The third-order valence-electron chi connectivity index (χ3n) is 11.0. The monoisotopic (exact) mass is 738 g/mol. The first kappa shape index (κ1) is 36.0. The molecule has 0 radical (unpaired) electrons. The number of benzene rings is 7. The Labute approximate surface area is 336 Å². The Balaban J connectivity index is 1.06. The van der Waals surface area contributed by atoms with Gasteiger partial charge in [0, 0.05) is 29.0 Å². The SMILES string of the molecule is CC(C)Cc1ccc(-c2ccc(N(c3ccccc3)c3ccccc3)cc2)c(-c2ccccc2-c2ccc(-c3nc4c(o3)C=C(c3ccccc3)C(C)C4)cc2)c1. The van der Waals surface area contributed by atoms with Crippen LogP contribution in [0.2, 0.25) is 0 Å². The van der Waals surface area contributed by atoms with Gasteiger partial charge in [-0.1, -0.05) is 154 Å². The normalized spacial score (nSPS) is 13.6. The molecule has 0 saturated heterocycles. The first-order valence-electron chi connectivity index (χ1n) is 20.1. The molecule has 0 spiro atoms. The summed E-state index contributed by atoms with van der Waals surface area (Å²) in [6.07, 6.45) is 4.07. The number of fused-ring (bicyclic) bond motifs is 1. The van der Waals surface area contributed by atoms with E-state index in [9.17, 15) is 0 Å². The Morgan fingerprint density at radius 3 is 1.70 bits per heavy atom. The maximum Gasteiger partial charge on any atom is 0.226 e. The van der Waals surface area contributed by atoms with Gasteiger partial charge in [-0.15, -0.1) is 0 Å². The van der Waals surface area contributed by atoms with E-state index in [1.54, 1.807) is 0 Å². The van der Waals surface area contributed by atoms with Crippen LogP contribution in [0, 0.1) is 11.8 Å². The molecule has 0 fully saturated rings. The van der Waals surface area contributed by atoms with E-state index >= 15 is 0 Å². The number of oxazole rings is 1. The van der Waals surface area contributed by atoms with Gasteiger partial charge in [-0.2, -0.15) is 0 Å². The minimum atomic E-state index is 0.372. The lowest BCUT2D eigenvalue weighted by Crippen LogP contribution is -2.09. The summed E-state index contributed by atoms with van der Waals surface area (Å²) in [5.74, 6) is 2.46. The summed E-state index contributed by atoms with van der Waals surface area (Å²) in [6.45, 7) is 6.85. The van der Waals surface area contributed by atoms with Crippen LogP contribution in [0.3, 0.4) is 0 Å². The molecule has 3 heteroatoms. The molecule has 1 aliphatic rings. The zero-order valence-corrected chi connectivity index (χ0v) is 32.8. The van der Waals surface area contributed by atoms with Crippen molar-refractivity contribution in [2.24, 2.45) is 11.8 Å². The smallest absolute Gasteiger partial charge is 0.226 e. The topological polar surface area (TPSA) is 29.3 Å². The van der Waals surface area contributed by atoms with Gasteiger partial charge in [0.25, 0.3) is 0 Å². The van der Waals surface area contributed by atoms with E-state index in [1.807, 2.05) is 0 Å². The Morgan fingerprint density at radius 2 is 1.07 bits per heavy atom. The molecule has 9 rings (SSSR count). The van der Waals surface area contributed by atoms with Gasteiger partial charge in [0.05, 0.1) is 5.69 Å². The number of nitrogens with zero attached hydrogens (tertiary/aromatic N) is 2. The van der Waals surface area contributed by atoms with E-state index in [0.29, 0.717) is 17.7 Å². The van der Waals surface area contributed by atoms with Crippen LogP contribution < -0.4 is 4.90 Å². The van der Waals surface area contributed by atoms with Crippen molar-refractivity contribution >= 4 is 28.7 Å². The van der Waals surface area contributed by atoms with Gasteiger partial charge in [0.15, 0.2) is 5.76 Å². The molecule has 1 aliphatic carbocycles. The molecule has 1 aromatic heterocycles. The highest BCUT2D eigenvalue weighted by Gasteiger charge is 2.24. The van der Waals surface area contributed by atoms with Crippen molar-refractivity contribution in [3.8, 4) is 44.8 Å². The molecular weight excluding hydrogens is 693 g/mol. The highest BCUT2D eigenvalue weighted by atomic mass is 16.4. The van der Waals surface area contributed by atoms with Crippen molar-refractivity contribution in [1.82, 2.24) is 4.98 Å². The lowest BCUT2D eigenvalue weighted by Gasteiger charge is -2.25. The van der Waals surface area contributed by atoms with Gasteiger partial charge in [-0.3, -0.25) is 0 Å². The van der Waals surface area contributed by atoms with E-state index in [1.165, 1.54) is 44.5 Å². The summed E-state index contributed by atoms with van der Waals surface area (Å²) in [6, 6.07) is 65.3. The number of hydrogen-bond acceptors (Lipinski definition) is 3. The van der Waals surface area contributed by atoms with E-state index < -0.39 is 0 Å². The van der Waals surface area contributed by atoms with Crippen molar-refractivity contribution in [3.05, 3.63) is 205 Å². The summed E-state index contributed by atoms with van der Waals surface area (Å²) in [5, 5.41) is 0. The van der Waals surface area contributed by atoms with Gasteiger partial charge in [-0.25, -0.2) is 4.98 Å². The zero-order chi connectivity index (χ0) is 38.7. The molecule has 1 atom stereocenters. The largest absolute Gasteiger partial charge is 0.436 e. The highest BCUT2D eigenvalue weighted by molar-refractivity contribution is 5.93. The highest BCUT2D eigenvalue weighted by Crippen LogP contribution is 2.42. The lowest BCUT2D eigenvalue weighted by molar-refractivity contribution is 0.557. The molecular formula is C54H46N2O. The van der Waals surface area contributed by atoms with Crippen molar-refractivity contribution in [1.29, 1.82) is 0 Å². The molecule has 0 aliphatic heterocycles. The third kappa shape index (κ3) is 7.49. The Hall–Kier alpha value is -6.71. The van der Waals surface area contributed by atoms with Crippen LogP contribution in [-0.4, -0.2) is 4.98 Å². The number of aromatic nitrogens is 1. The molecule has 0 bridgehead atoms. The molecule has 1 unspecified atom stereocenters. The van der Waals surface area contributed by atoms with Crippen LogP contribution in [0.15, 0.2) is 186 Å². The lowest BCUT2D eigenvalue weighted by atomic mass is 9.86. The molecule has 8 aromatic rings. The minimum absolute atomic E-state index is 0.372. The average molecular weight is 739 g/mol. The molecule has 0 N–H and O–H groups in total. The fourth-order valence-corrected chi connectivity index (χ4v) is 8.25. The first-order valence-corrected chi connectivity index (χ1v) is 20.1. The van der Waals surface area contributed by atoms with Crippen LogP contribution >= 0.6 is 0 Å². The Bertz CT molecular complexity index is 2600. The number of anilines is 3. The van der Waals surface area contributed by atoms with Gasteiger partial charge in [0.1, 0.15) is 0 Å². The number of rotatable bonds is 10. The second kappa shape index (κ2) is 15.8.